The van der Waals surface area contributed by atoms with Gasteiger partial charge in [0.25, 0.3) is 0 Å². The van der Waals surface area contributed by atoms with Crippen LogP contribution in [-0.2, 0) is 0 Å². The molecule has 0 atom stereocenters. The molecule has 0 aromatic heterocycles. The molecule has 2 N–H and O–H groups in total. The van der Waals surface area contributed by atoms with Crippen molar-refractivity contribution in [3.05, 3.63) is 108 Å². The van der Waals surface area contributed by atoms with Crippen LogP contribution in [0.3, 0.4) is 0 Å². The van der Waals surface area contributed by atoms with E-state index in [0.29, 0.717) is 16.7 Å². The van der Waals surface area contributed by atoms with Crippen molar-refractivity contribution < 1.29 is 14.4 Å². The number of carbonyl (C=O) groups excluding carboxylic acids is 3. The molecule has 3 aromatic carbocycles. The molecular formula is C22H19NO3Si. The molecule has 5 heteroatoms. The molecule has 3 rings (SSSR count). The maximum atomic E-state index is 13.5. The van der Waals surface area contributed by atoms with Crippen molar-refractivity contribution in [2.45, 2.75) is 0 Å². The van der Waals surface area contributed by atoms with Gasteiger partial charge in [-0.2, -0.15) is 0 Å². The first-order chi connectivity index (χ1) is 13.1. The smallest absolute Gasteiger partial charge is 0.310 e. The average molecular weight is 373 g/mol. The Morgan fingerprint density at radius 2 is 0.815 bits per heavy atom. The van der Waals surface area contributed by atoms with Crippen LogP contribution in [0.2, 0.25) is 0 Å². The minimum Gasteiger partial charge on any atom is -0.332 e. The summed E-state index contributed by atoms with van der Waals surface area (Å²) in [7, 11) is -3.94. The summed E-state index contributed by atoms with van der Waals surface area (Å²) in [5, 5.41) is -1.35. The van der Waals surface area contributed by atoms with Gasteiger partial charge in [0.2, 0.25) is 0 Å². The number of nitrogens with two attached hydrogens (primary N) is 1. The molecular weight excluding hydrogens is 354 g/mol. The van der Waals surface area contributed by atoms with E-state index < -0.39 is 24.3 Å². The lowest BCUT2D eigenvalue weighted by atomic mass is 10.2. The van der Waals surface area contributed by atoms with Gasteiger partial charge in [0.05, 0.1) is 0 Å². The van der Waals surface area contributed by atoms with E-state index in [4.69, 9.17) is 5.73 Å². The van der Waals surface area contributed by atoms with Gasteiger partial charge in [0.15, 0.2) is 16.2 Å². The zero-order valence-corrected chi connectivity index (χ0v) is 15.7. The molecule has 27 heavy (non-hydrogen) atoms. The Morgan fingerprint density at radius 3 is 1.04 bits per heavy atom. The van der Waals surface area contributed by atoms with E-state index >= 15 is 0 Å². The van der Waals surface area contributed by atoms with Gasteiger partial charge >= 0.3 is 8.07 Å². The third kappa shape index (κ3) is 3.42. The quantitative estimate of drug-likeness (QED) is 0.645. The molecule has 0 unspecified atom stereocenters. The van der Waals surface area contributed by atoms with Crippen LogP contribution in [0.4, 0.5) is 0 Å². The van der Waals surface area contributed by atoms with Crippen LogP contribution in [0.5, 0.6) is 0 Å². The van der Waals surface area contributed by atoms with E-state index in [2.05, 4.69) is 0 Å². The largest absolute Gasteiger partial charge is 0.332 e. The fourth-order valence-electron chi connectivity index (χ4n) is 3.10. The Labute approximate surface area is 158 Å². The van der Waals surface area contributed by atoms with E-state index in [1.165, 1.54) is 0 Å². The lowest BCUT2D eigenvalue weighted by molar-refractivity contribution is 0.0981. The second-order valence-corrected chi connectivity index (χ2v) is 9.78. The van der Waals surface area contributed by atoms with E-state index in [1.807, 2.05) is 0 Å². The SMILES string of the molecule is NC[Si](C(=O)c1ccccc1)(C(=O)c1ccccc1)C(=O)c1ccccc1. The van der Waals surface area contributed by atoms with Crippen molar-refractivity contribution in [1.82, 2.24) is 0 Å². The molecule has 0 aliphatic heterocycles. The van der Waals surface area contributed by atoms with Crippen LogP contribution >= 0.6 is 0 Å². The van der Waals surface area contributed by atoms with Crippen molar-refractivity contribution in [3.8, 4) is 0 Å². The Balaban J connectivity index is 2.20. The lowest BCUT2D eigenvalue weighted by Crippen LogP contribution is -2.65. The molecule has 4 nitrogen and oxygen atoms in total. The standard InChI is InChI=1S/C22H19NO3Si/c23-16-27(20(24)17-10-4-1-5-11-17,21(25)18-12-6-2-7-13-18)22(26)19-14-8-3-9-15-19/h1-15H,16,23H2. The lowest BCUT2D eigenvalue weighted by Gasteiger charge is -2.26. The van der Waals surface area contributed by atoms with Gasteiger partial charge in [-0.25, -0.2) is 0 Å². The van der Waals surface area contributed by atoms with Gasteiger partial charge in [-0.05, 0) is 0 Å². The Morgan fingerprint density at radius 1 is 0.556 bits per heavy atom. The van der Waals surface area contributed by atoms with Crippen LogP contribution in [0.15, 0.2) is 91.0 Å². The van der Waals surface area contributed by atoms with Crippen molar-refractivity contribution in [1.29, 1.82) is 0 Å². The molecule has 0 radical (unpaired) electrons. The predicted octanol–water partition coefficient (Wildman–Crippen LogP) is 3.20. The van der Waals surface area contributed by atoms with Crippen LogP contribution in [0, 0.1) is 0 Å². The van der Waals surface area contributed by atoms with Gasteiger partial charge in [0.1, 0.15) is 0 Å². The molecule has 0 amide bonds. The first kappa shape index (κ1) is 18.6. The van der Waals surface area contributed by atoms with Crippen molar-refractivity contribution in [3.63, 3.8) is 0 Å². The van der Waals surface area contributed by atoms with Gasteiger partial charge in [0, 0.05) is 22.9 Å². The molecule has 0 saturated carbocycles. The normalized spacial score (nSPS) is 11.0. The summed E-state index contributed by atoms with van der Waals surface area (Å²) in [6, 6.07) is 25.3. The van der Waals surface area contributed by atoms with Crippen LogP contribution in [0.25, 0.3) is 0 Å². The monoisotopic (exact) mass is 373 g/mol. The highest BCUT2D eigenvalue weighted by Crippen LogP contribution is 2.22. The third-order valence-corrected chi connectivity index (χ3v) is 8.38. The number of carbonyl (C=O) groups is 3. The minimum absolute atomic E-state index is 0.276. The molecule has 0 spiro atoms. The molecule has 0 aliphatic rings. The summed E-state index contributed by atoms with van der Waals surface area (Å²) in [4.78, 5) is 40.4. The van der Waals surface area contributed by atoms with Gasteiger partial charge < -0.3 is 5.73 Å². The fraction of sp³-hybridized carbons (Fsp3) is 0.0455. The van der Waals surface area contributed by atoms with Crippen LogP contribution < -0.4 is 5.73 Å². The first-order valence-corrected chi connectivity index (χ1v) is 10.8. The Hall–Kier alpha value is -3.15. The van der Waals surface area contributed by atoms with Crippen LogP contribution in [-0.4, -0.2) is 30.5 Å². The fourth-order valence-corrected chi connectivity index (χ4v) is 6.25. The van der Waals surface area contributed by atoms with Gasteiger partial charge in [-0.1, -0.05) is 91.0 Å². The summed E-state index contributed by atoms with van der Waals surface area (Å²) in [6.45, 7) is 0. The second-order valence-electron chi connectivity index (χ2n) is 6.19. The number of hydrogen-bond acceptors (Lipinski definition) is 4. The van der Waals surface area contributed by atoms with Crippen molar-refractivity contribution in [2.24, 2.45) is 5.73 Å². The van der Waals surface area contributed by atoms with Gasteiger partial charge in [-0.15, -0.1) is 0 Å². The summed E-state index contributed by atoms with van der Waals surface area (Å²) in [6.07, 6.45) is -0.276. The Kier molecular flexibility index (Phi) is 5.54. The third-order valence-electron chi connectivity index (χ3n) is 4.58. The van der Waals surface area contributed by atoms with E-state index in [0.717, 1.165) is 0 Å². The molecule has 0 bridgehead atoms. The zero-order valence-electron chi connectivity index (χ0n) is 14.7. The zero-order chi connectivity index (χ0) is 19.3. The predicted molar refractivity (Wildman–Crippen MR) is 107 cm³/mol. The maximum Gasteiger partial charge on any atom is 0.310 e. The molecule has 0 saturated heterocycles. The first-order valence-electron chi connectivity index (χ1n) is 8.61. The summed E-state index contributed by atoms with van der Waals surface area (Å²) < 4.78 is 0. The molecule has 134 valence electrons. The van der Waals surface area contributed by atoms with Crippen molar-refractivity contribution in [2.75, 3.05) is 6.17 Å². The number of hydrogen-bond donors (Lipinski definition) is 1. The van der Waals surface area contributed by atoms with E-state index in [9.17, 15) is 14.4 Å². The van der Waals surface area contributed by atoms with Crippen LogP contribution in [0.1, 0.15) is 31.1 Å². The van der Waals surface area contributed by atoms with E-state index in [1.54, 1.807) is 91.0 Å². The highest BCUT2D eigenvalue weighted by atomic mass is 28.3. The second kappa shape index (κ2) is 8.03. The maximum absolute atomic E-state index is 13.5. The van der Waals surface area contributed by atoms with Crippen molar-refractivity contribution >= 4 is 24.3 Å². The molecule has 0 heterocycles. The minimum atomic E-state index is -3.94. The number of rotatable bonds is 7. The summed E-state index contributed by atoms with van der Waals surface area (Å²) in [5.41, 5.74) is 7.03. The average Bonchev–Trinajstić information content (AvgIpc) is 2.76. The van der Waals surface area contributed by atoms with Gasteiger partial charge in [-0.3, -0.25) is 14.4 Å². The highest BCUT2D eigenvalue weighted by Gasteiger charge is 2.55. The summed E-state index contributed by atoms with van der Waals surface area (Å²) in [5.74, 6) is 0. The Bertz CT molecular complexity index is 831. The summed E-state index contributed by atoms with van der Waals surface area (Å²) >= 11 is 0. The number of benzene rings is 3. The topological polar surface area (TPSA) is 77.2 Å². The molecule has 0 fully saturated rings. The molecule has 3 aromatic rings. The highest BCUT2D eigenvalue weighted by molar-refractivity contribution is 7.43. The molecule has 0 aliphatic carbocycles. The van der Waals surface area contributed by atoms with E-state index in [-0.39, 0.29) is 6.17 Å².